The van der Waals surface area contributed by atoms with Gasteiger partial charge in [-0.05, 0) is 72.3 Å². The molecule has 0 aliphatic rings. The average Bonchev–Trinajstić information content (AvgIpc) is 3.15. The fraction of sp³-hybridized carbons (Fsp3) is 0.0370. The van der Waals surface area contributed by atoms with Gasteiger partial charge in [0, 0.05) is 26.9 Å². The molecule has 5 rings (SSSR count). The molecular weight excluding hydrogens is 612 g/mol. The van der Waals surface area contributed by atoms with Crippen molar-refractivity contribution in [1.82, 2.24) is 0 Å². The highest BCUT2D eigenvalue weighted by atomic mass is 79.9. The molecule has 32 heavy (non-hydrogen) atoms. The molecule has 0 spiro atoms. The number of rotatable bonds is 4. The molecule has 1 nitrogen and oxygen atoms in total. The van der Waals surface area contributed by atoms with Gasteiger partial charge in [-0.15, -0.1) is 28.3 Å². The van der Waals surface area contributed by atoms with Crippen molar-refractivity contribution in [2.24, 2.45) is 0 Å². The lowest BCUT2D eigenvalue weighted by Crippen LogP contribution is -1.88. The molecule has 0 saturated heterocycles. The van der Waals surface area contributed by atoms with Crippen LogP contribution in [0.2, 0.25) is 0 Å². The van der Waals surface area contributed by atoms with E-state index in [0.29, 0.717) is 8.95 Å². The number of hydrogen-bond donors (Lipinski definition) is 1. The lowest BCUT2D eigenvalue weighted by molar-refractivity contribution is 0.468. The molecular formula is C27H19Br3OS. The summed E-state index contributed by atoms with van der Waals surface area (Å²) < 4.78 is 2.67. The molecule has 0 aliphatic carbocycles. The Bertz CT molecular complexity index is 1350. The predicted octanol–water partition coefficient (Wildman–Crippen LogP) is 9.63. The van der Waals surface area contributed by atoms with Crippen molar-refractivity contribution in [1.29, 1.82) is 0 Å². The monoisotopic (exact) mass is 628 g/mol. The number of benzene rings is 4. The summed E-state index contributed by atoms with van der Waals surface area (Å²) >= 11 is 8.74. The van der Waals surface area contributed by atoms with Gasteiger partial charge in [0.05, 0.1) is 8.95 Å². The van der Waals surface area contributed by atoms with Gasteiger partial charge in [-0.25, -0.2) is 0 Å². The third-order valence-corrected chi connectivity index (χ3v) is 7.78. The number of phenolic OH excluding ortho intramolecular Hbond substituents is 1. The van der Waals surface area contributed by atoms with Crippen LogP contribution >= 0.6 is 60.2 Å². The molecule has 4 aromatic carbocycles. The molecule has 0 aliphatic heterocycles. The quantitative estimate of drug-likeness (QED) is 0.210. The van der Waals surface area contributed by atoms with Gasteiger partial charge in [-0.2, -0.15) is 0 Å². The van der Waals surface area contributed by atoms with Gasteiger partial charge in [-0.3, -0.25) is 0 Å². The van der Waals surface area contributed by atoms with Crippen molar-refractivity contribution in [3.8, 4) is 28.0 Å². The highest BCUT2D eigenvalue weighted by Crippen LogP contribution is 2.41. The lowest BCUT2D eigenvalue weighted by atomic mass is 9.96. The molecule has 5 heteroatoms. The summed E-state index contributed by atoms with van der Waals surface area (Å²) in [6.07, 6.45) is 0.926. The van der Waals surface area contributed by atoms with Crippen LogP contribution in [0.3, 0.4) is 0 Å². The van der Waals surface area contributed by atoms with Gasteiger partial charge < -0.3 is 5.11 Å². The standard InChI is InChI=1S/C27H18Br2OS.BrH/c28-22-15-20(16-23(29)27(22)30)18-10-12-19(13-11-18)26-21-8-4-5-9-24(21)31-25(26)14-17-6-2-1-3-7-17;/h1-13,15-16,30H,14H2;1H. The van der Waals surface area contributed by atoms with Crippen LogP contribution in [0, 0.1) is 0 Å². The van der Waals surface area contributed by atoms with E-state index < -0.39 is 0 Å². The zero-order valence-electron chi connectivity index (χ0n) is 16.9. The van der Waals surface area contributed by atoms with Crippen molar-refractivity contribution in [2.75, 3.05) is 0 Å². The minimum atomic E-state index is 0. The molecule has 5 aromatic rings. The second-order valence-electron chi connectivity index (χ2n) is 7.42. The van der Waals surface area contributed by atoms with Crippen LogP contribution in [0.25, 0.3) is 32.3 Å². The zero-order valence-corrected chi connectivity index (χ0v) is 22.6. The van der Waals surface area contributed by atoms with Gasteiger partial charge in [-0.1, -0.05) is 72.8 Å². The topological polar surface area (TPSA) is 20.2 Å². The second kappa shape index (κ2) is 9.92. The smallest absolute Gasteiger partial charge is 0.143 e. The Kier molecular flexibility index (Phi) is 7.21. The Morgan fingerprint density at radius 1 is 0.688 bits per heavy atom. The minimum absolute atomic E-state index is 0. The minimum Gasteiger partial charge on any atom is -0.506 e. The fourth-order valence-corrected chi connectivity index (χ4v) is 6.33. The van der Waals surface area contributed by atoms with E-state index in [1.54, 1.807) is 0 Å². The number of fused-ring (bicyclic) bond motifs is 1. The molecule has 1 aromatic heterocycles. The first kappa shape index (κ1) is 23.2. The van der Waals surface area contributed by atoms with E-state index in [9.17, 15) is 5.11 Å². The Balaban J connectivity index is 0.00000245. The summed E-state index contributed by atoms with van der Waals surface area (Å²) in [4.78, 5) is 1.38. The van der Waals surface area contributed by atoms with Crippen LogP contribution in [0.4, 0.5) is 0 Å². The molecule has 0 bridgehead atoms. The van der Waals surface area contributed by atoms with Crippen LogP contribution in [0.15, 0.2) is 99.9 Å². The summed E-state index contributed by atoms with van der Waals surface area (Å²) in [7, 11) is 0. The van der Waals surface area contributed by atoms with Crippen molar-refractivity contribution < 1.29 is 5.11 Å². The summed E-state index contributed by atoms with van der Waals surface area (Å²) in [6.45, 7) is 0. The summed E-state index contributed by atoms with van der Waals surface area (Å²) in [5, 5.41) is 11.3. The molecule has 0 amide bonds. The van der Waals surface area contributed by atoms with E-state index in [1.165, 1.54) is 31.7 Å². The SMILES string of the molecule is Br.Oc1c(Br)cc(-c2ccc(-c3c(Cc4ccccc4)sc4ccccc34)cc2)cc1Br. The van der Waals surface area contributed by atoms with Crippen LogP contribution in [-0.2, 0) is 6.42 Å². The molecule has 1 N–H and O–H groups in total. The zero-order chi connectivity index (χ0) is 21.4. The summed E-state index contributed by atoms with van der Waals surface area (Å²) in [5.74, 6) is 0.218. The molecule has 1 heterocycles. The van der Waals surface area contributed by atoms with Gasteiger partial charge in [0.15, 0.2) is 0 Å². The van der Waals surface area contributed by atoms with E-state index in [1.807, 2.05) is 23.5 Å². The number of hydrogen-bond acceptors (Lipinski definition) is 2. The van der Waals surface area contributed by atoms with Gasteiger partial charge >= 0.3 is 0 Å². The number of thiophene rings is 1. The van der Waals surface area contributed by atoms with Crippen molar-refractivity contribution in [2.45, 2.75) is 6.42 Å². The Labute approximate surface area is 218 Å². The third kappa shape index (κ3) is 4.58. The number of phenols is 1. The van der Waals surface area contributed by atoms with Crippen LogP contribution in [-0.4, -0.2) is 5.11 Å². The van der Waals surface area contributed by atoms with E-state index >= 15 is 0 Å². The molecule has 0 fully saturated rings. The molecule has 0 saturated carbocycles. The lowest BCUT2D eigenvalue weighted by Gasteiger charge is -2.09. The van der Waals surface area contributed by atoms with Crippen LogP contribution < -0.4 is 0 Å². The maximum absolute atomic E-state index is 10.0. The molecule has 0 radical (unpaired) electrons. The van der Waals surface area contributed by atoms with E-state index in [4.69, 9.17) is 0 Å². The molecule has 0 unspecified atom stereocenters. The van der Waals surface area contributed by atoms with Crippen molar-refractivity contribution in [3.05, 3.63) is 110 Å². The maximum atomic E-state index is 10.0. The fourth-order valence-electron chi connectivity index (χ4n) is 3.88. The average molecular weight is 631 g/mol. The number of halogens is 3. The first-order valence-electron chi connectivity index (χ1n) is 9.93. The molecule has 160 valence electrons. The van der Waals surface area contributed by atoms with Gasteiger partial charge in [0.25, 0.3) is 0 Å². The van der Waals surface area contributed by atoms with Crippen LogP contribution in [0.1, 0.15) is 10.4 Å². The second-order valence-corrected chi connectivity index (χ2v) is 10.3. The maximum Gasteiger partial charge on any atom is 0.143 e. The Morgan fingerprint density at radius 3 is 1.97 bits per heavy atom. The highest BCUT2D eigenvalue weighted by molar-refractivity contribution is 9.11. The highest BCUT2D eigenvalue weighted by Gasteiger charge is 2.15. The van der Waals surface area contributed by atoms with Crippen LogP contribution in [0.5, 0.6) is 5.75 Å². The van der Waals surface area contributed by atoms with E-state index in [-0.39, 0.29) is 22.7 Å². The summed E-state index contributed by atoms with van der Waals surface area (Å²) in [6, 6.07) is 31.9. The van der Waals surface area contributed by atoms with Crippen molar-refractivity contribution >= 4 is 70.3 Å². The first-order valence-corrected chi connectivity index (χ1v) is 12.3. The Morgan fingerprint density at radius 2 is 1.28 bits per heavy atom. The predicted molar refractivity (Wildman–Crippen MR) is 149 cm³/mol. The first-order chi connectivity index (χ1) is 15.1. The van der Waals surface area contributed by atoms with Gasteiger partial charge in [0.2, 0.25) is 0 Å². The molecule has 0 atom stereocenters. The van der Waals surface area contributed by atoms with Gasteiger partial charge in [0.1, 0.15) is 5.75 Å². The third-order valence-electron chi connectivity index (χ3n) is 5.40. The summed E-state index contributed by atoms with van der Waals surface area (Å²) in [5.41, 5.74) is 6.02. The van der Waals surface area contributed by atoms with E-state index in [2.05, 4.69) is 111 Å². The number of aromatic hydroxyl groups is 1. The normalized spacial score (nSPS) is 10.8. The largest absolute Gasteiger partial charge is 0.506 e. The Hall–Kier alpha value is -1.92. The van der Waals surface area contributed by atoms with Crippen molar-refractivity contribution in [3.63, 3.8) is 0 Å². The van der Waals surface area contributed by atoms with E-state index in [0.717, 1.165) is 17.5 Å².